The van der Waals surface area contributed by atoms with Gasteiger partial charge in [0.25, 0.3) is 11.8 Å². The number of carboxylic acid groups (broad SMARTS) is 1. The fourth-order valence-electron chi connectivity index (χ4n) is 2.63. The summed E-state index contributed by atoms with van der Waals surface area (Å²) in [5, 5.41) is 11.0. The summed E-state index contributed by atoms with van der Waals surface area (Å²) in [6.07, 6.45) is 0.701. The first-order valence-electron chi connectivity index (χ1n) is 7.95. The Morgan fingerprint density at radius 2 is 1.58 bits per heavy atom. The topological polar surface area (TPSA) is 104 Å². The number of carbonyl (C=O) groups is 4. The van der Waals surface area contributed by atoms with Crippen LogP contribution in [-0.4, -0.2) is 30.4 Å². The number of rotatable bonds is 5. The van der Waals surface area contributed by atoms with Gasteiger partial charge in [0.15, 0.2) is 0 Å². The summed E-state index contributed by atoms with van der Waals surface area (Å²) < 4.78 is 5.02. The van der Waals surface area contributed by atoms with Crippen LogP contribution in [0.3, 0.4) is 0 Å². The Hall–Kier alpha value is -3.48. The molecule has 0 unspecified atom stereocenters. The number of esters is 1. The zero-order valence-electron chi connectivity index (χ0n) is 13.9. The van der Waals surface area contributed by atoms with E-state index >= 15 is 0 Å². The summed E-state index contributed by atoms with van der Waals surface area (Å²) in [5.41, 5.74) is 0.520. The number of carbonyl (C=O) groups excluding carboxylic acids is 4. The zero-order chi connectivity index (χ0) is 18.8. The molecule has 1 aliphatic rings. The number of fused-ring (bicyclic) bond motifs is 1. The average molecular weight is 352 g/mol. The van der Waals surface area contributed by atoms with Crippen molar-refractivity contribution < 1.29 is 29.0 Å². The molecule has 26 heavy (non-hydrogen) atoms. The van der Waals surface area contributed by atoms with Crippen molar-refractivity contribution in [2.45, 2.75) is 13.3 Å². The smallest absolute Gasteiger partial charge is 0.338 e. The second kappa shape index (κ2) is 6.79. The minimum Gasteiger partial charge on any atom is -0.545 e. The van der Waals surface area contributed by atoms with E-state index in [0.29, 0.717) is 18.6 Å². The molecular formula is C19H14NO6-. The molecule has 2 aromatic rings. The van der Waals surface area contributed by atoms with Crippen LogP contribution in [0, 0.1) is 0 Å². The molecule has 0 bridgehead atoms. The van der Waals surface area contributed by atoms with E-state index in [1.807, 2.05) is 6.92 Å². The van der Waals surface area contributed by atoms with Crippen molar-refractivity contribution in [1.82, 2.24) is 0 Å². The van der Waals surface area contributed by atoms with Crippen molar-refractivity contribution in [2.24, 2.45) is 0 Å². The molecule has 0 saturated heterocycles. The third-order valence-electron chi connectivity index (χ3n) is 3.92. The summed E-state index contributed by atoms with van der Waals surface area (Å²) in [6.45, 7) is 2.18. The molecule has 2 aromatic carbocycles. The quantitative estimate of drug-likeness (QED) is 0.595. The van der Waals surface area contributed by atoms with Crippen molar-refractivity contribution in [1.29, 1.82) is 0 Å². The molecule has 0 N–H and O–H groups in total. The summed E-state index contributed by atoms with van der Waals surface area (Å²) in [5.74, 6) is -3.11. The largest absolute Gasteiger partial charge is 0.545 e. The average Bonchev–Trinajstić information content (AvgIpc) is 2.90. The van der Waals surface area contributed by atoms with Gasteiger partial charge in [-0.1, -0.05) is 13.0 Å². The molecule has 132 valence electrons. The van der Waals surface area contributed by atoms with Gasteiger partial charge in [-0.25, -0.2) is 9.69 Å². The van der Waals surface area contributed by atoms with Crippen molar-refractivity contribution in [2.75, 3.05) is 11.5 Å². The lowest BCUT2D eigenvalue weighted by Crippen LogP contribution is -2.29. The second-order valence-corrected chi connectivity index (χ2v) is 5.68. The zero-order valence-corrected chi connectivity index (χ0v) is 13.9. The number of amides is 2. The normalized spacial score (nSPS) is 12.9. The van der Waals surface area contributed by atoms with E-state index in [0.717, 1.165) is 11.0 Å². The highest BCUT2D eigenvalue weighted by Crippen LogP contribution is 2.29. The second-order valence-electron chi connectivity index (χ2n) is 5.68. The Kier molecular flexibility index (Phi) is 4.53. The van der Waals surface area contributed by atoms with Gasteiger partial charge in [0.2, 0.25) is 0 Å². The maximum Gasteiger partial charge on any atom is 0.338 e. The number of hydrogen-bond acceptors (Lipinski definition) is 6. The molecular weight excluding hydrogens is 338 g/mol. The highest BCUT2D eigenvalue weighted by atomic mass is 16.5. The SMILES string of the molecule is CCCOC(=O)c1ccc(N2C(=O)c3ccc(C(=O)[O-])cc3C2=O)cc1. The van der Waals surface area contributed by atoms with Gasteiger partial charge in [0.1, 0.15) is 0 Å². The Morgan fingerprint density at radius 1 is 0.962 bits per heavy atom. The van der Waals surface area contributed by atoms with Crippen LogP contribution in [0.4, 0.5) is 5.69 Å². The first-order chi connectivity index (χ1) is 12.4. The molecule has 7 nitrogen and oxygen atoms in total. The first kappa shape index (κ1) is 17.3. The summed E-state index contributed by atoms with van der Waals surface area (Å²) in [7, 11) is 0. The summed E-state index contributed by atoms with van der Waals surface area (Å²) in [4.78, 5) is 48.7. The van der Waals surface area contributed by atoms with Crippen molar-refractivity contribution in [3.05, 3.63) is 64.7 Å². The third kappa shape index (κ3) is 2.95. The minimum atomic E-state index is -1.43. The van der Waals surface area contributed by atoms with Gasteiger partial charge in [-0.3, -0.25) is 9.59 Å². The fraction of sp³-hybridized carbons (Fsp3) is 0.158. The predicted molar refractivity (Wildman–Crippen MR) is 88.9 cm³/mol. The lowest BCUT2D eigenvalue weighted by molar-refractivity contribution is -0.255. The van der Waals surface area contributed by atoms with E-state index in [9.17, 15) is 24.3 Å². The van der Waals surface area contributed by atoms with Gasteiger partial charge < -0.3 is 14.6 Å². The molecule has 0 aromatic heterocycles. The van der Waals surface area contributed by atoms with Crippen LogP contribution in [0.5, 0.6) is 0 Å². The third-order valence-corrected chi connectivity index (χ3v) is 3.92. The predicted octanol–water partition coefficient (Wildman–Crippen LogP) is 1.42. The number of aromatic carboxylic acids is 1. The van der Waals surface area contributed by atoms with E-state index < -0.39 is 23.8 Å². The molecule has 0 radical (unpaired) electrons. The van der Waals surface area contributed by atoms with E-state index in [2.05, 4.69) is 0 Å². The number of carboxylic acids is 1. The fourth-order valence-corrected chi connectivity index (χ4v) is 2.63. The molecule has 7 heteroatoms. The first-order valence-corrected chi connectivity index (χ1v) is 7.95. The molecule has 0 spiro atoms. The van der Waals surface area contributed by atoms with Gasteiger partial charge in [0, 0.05) is 0 Å². The molecule has 0 saturated carbocycles. The molecule has 3 rings (SSSR count). The van der Waals surface area contributed by atoms with Gasteiger partial charge in [0.05, 0.1) is 35.0 Å². The van der Waals surface area contributed by atoms with E-state index in [1.165, 1.54) is 36.4 Å². The molecule has 0 fully saturated rings. The Bertz CT molecular complexity index is 916. The molecule has 1 aliphatic heterocycles. The summed E-state index contributed by atoms with van der Waals surface area (Å²) >= 11 is 0. The maximum absolute atomic E-state index is 12.5. The highest BCUT2D eigenvalue weighted by molar-refractivity contribution is 6.34. The van der Waals surface area contributed by atoms with Gasteiger partial charge in [-0.05, 0) is 48.4 Å². The highest BCUT2D eigenvalue weighted by Gasteiger charge is 2.36. The maximum atomic E-state index is 12.5. The number of benzene rings is 2. The van der Waals surface area contributed by atoms with Crippen LogP contribution in [0.2, 0.25) is 0 Å². The van der Waals surface area contributed by atoms with Crippen molar-refractivity contribution in [3.63, 3.8) is 0 Å². The Balaban J connectivity index is 1.88. The van der Waals surface area contributed by atoms with Gasteiger partial charge in [-0.15, -0.1) is 0 Å². The van der Waals surface area contributed by atoms with Crippen LogP contribution in [0.15, 0.2) is 42.5 Å². The number of nitrogens with zero attached hydrogens (tertiary/aromatic N) is 1. The molecule has 0 aliphatic carbocycles. The summed E-state index contributed by atoms with van der Waals surface area (Å²) in [6, 6.07) is 9.48. The Morgan fingerprint density at radius 3 is 2.19 bits per heavy atom. The monoisotopic (exact) mass is 352 g/mol. The number of ether oxygens (including phenoxy) is 1. The van der Waals surface area contributed by atoms with Crippen molar-refractivity contribution in [3.8, 4) is 0 Å². The molecule has 1 heterocycles. The number of hydrogen-bond donors (Lipinski definition) is 0. The lowest BCUT2D eigenvalue weighted by atomic mass is 10.1. The number of anilines is 1. The number of imide groups is 1. The van der Waals surface area contributed by atoms with Crippen LogP contribution in [-0.2, 0) is 4.74 Å². The van der Waals surface area contributed by atoms with E-state index in [-0.39, 0.29) is 22.4 Å². The standard InChI is InChI=1S/C19H15NO6/c1-2-9-26-19(25)11-3-6-13(7-4-11)20-16(21)14-8-5-12(18(23)24)10-15(14)17(20)22/h3-8,10H,2,9H2,1H3,(H,23,24)/p-1. The van der Waals surface area contributed by atoms with Crippen LogP contribution >= 0.6 is 0 Å². The van der Waals surface area contributed by atoms with Gasteiger partial charge >= 0.3 is 5.97 Å². The van der Waals surface area contributed by atoms with E-state index in [4.69, 9.17) is 4.74 Å². The van der Waals surface area contributed by atoms with Crippen LogP contribution in [0.25, 0.3) is 0 Å². The Labute approximate surface area is 148 Å². The van der Waals surface area contributed by atoms with Crippen molar-refractivity contribution >= 4 is 29.4 Å². The van der Waals surface area contributed by atoms with Crippen LogP contribution < -0.4 is 10.0 Å². The van der Waals surface area contributed by atoms with Crippen LogP contribution in [0.1, 0.15) is 54.8 Å². The van der Waals surface area contributed by atoms with Gasteiger partial charge in [-0.2, -0.15) is 0 Å². The van der Waals surface area contributed by atoms with E-state index in [1.54, 1.807) is 0 Å². The molecule has 2 amide bonds. The lowest BCUT2D eigenvalue weighted by Gasteiger charge is -2.14. The molecule has 0 atom stereocenters. The minimum absolute atomic E-state index is 0.00290.